The predicted octanol–water partition coefficient (Wildman–Crippen LogP) is 1.49. The van der Waals surface area contributed by atoms with Crippen molar-refractivity contribution in [1.29, 1.82) is 0 Å². The molecule has 0 saturated heterocycles. The van der Waals surface area contributed by atoms with Crippen LogP contribution in [0.5, 0.6) is 0 Å². The van der Waals surface area contributed by atoms with Crippen LogP contribution in [0.1, 0.15) is 30.7 Å². The number of hydrogen-bond acceptors (Lipinski definition) is 2. The molecule has 2 fully saturated rings. The quantitative estimate of drug-likeness (QED) is 0.811. The summed E-state index contributed by atoms with van der Waals surface area (Å²) in [5, 5.41) is 0. The van der Waals surface area contributed by atoms with Gasteiger partial charge in [0.25, 0.3) is 0 Å². The Hall–Kier alpha value is -1.91. The van der Waals surface area contributed by atoms with Gasteiger partial charge < -0.3 is 0 Å². The molecule has 2 aliphatic rings. The summed E-state index contributed by atoms with van der Waals surface area (Å²) in [6.45, 7) is 0. The van der Waals surface area contributed by atoms with Crippen LogP contribution < -0.4 is 10.9 Å². The smallest absolute Gasteiger partial charge is 0.242 e. The van der Waals surface area contributed by atoms with Crippen molar-refractivity contribution in [1.82, 2.24) is 10.9 Å². The van der Waals surface area contributed by atoms with E-state index in [2.05, 4.69) is 10.9 Å². The van der Waals surface area contributed by atoms with E-state index < -0.39 is 0 Å². The van der Waals surface area contributed by atoms with Gasteiger partial charge in [-0.3, -0.25) is 20.4 Å². The maximum Gasteiger partial charge on any atom is 0.242 e. The topological polar surface area (TPSA) is 58.2 Å². The van der Waals surface area contributed by atoms with E-state index in [1.807, 2.05) is 0 Å². The molecule has 1 aromatic carbocycles. The molecule has 2 N–H and O–H groups in total. The number of hydrazine groups is 1. The Labute approximate surface area is 110 Å². The molecule has 2 atom stereocenters. The fourth-order valence-electron chi connectivity index (χ4n) is 2.23. The van der Waals surface area contributed by atoms with Gasteiger partial charge in [-0.05, 0) is 42.9 Å². The standard InChI is InChI=1S/C14H15FN2O2/c15-10-5-3-8(4-6-10)11-7-12(11)14(19)17-16-13(18)9-1-2-9/h3-6,9,11-12H,1-2,7H2,(H,16,18)(H,17,19). The zero-order valence-electron chi connectivity index (χ0n) is 10.4. The number of carbonyl (C=O) groups is 2. The van der Waals surface area contributed by atoms with Gasteiger partial charge in [0.2, 0.25) is 11.8 Å². The number of carbonyl (C=O) groups excluding carboxylic acids is 2. The maximum atomic E-state index is 12.8. The first-order valence-corrected chi connectivity index (χ1v) is 6.50. The van der Waals surface area contributed by atoms with E-state index in [1.54, 1.807) is 12.1 Å². The van der Waals surface area contributed by atoms with Crippen LogP contribution in [-0.2, 0) is 9.59 Å². The lowest BCUT2D eigenvalue weighted by molar-refractivity contribution is -0.130. The van der Waals surface area contributed by atoms with E-state index in [0.29, 0.717) is 0 Å². The fraction of sp³-hybridized carbons (Fsp3) is 0.429. The van der Waals surface area contributed by atoms with Crippen LogP contribution in [0.4, 0.5) is 4.39 Å². The van der Waals surface area contributed by atoms with Gasteiger partial charge in [-0.15, -0.1) is 0 Å². The number of halogens is 1. The van der Waals surface area contributed by atoms with Crippen molar-refractivity contribution in [2.75, 3.05) is 0 Å². The zero-order chi connectivity index (χ0) is 13.4. The second-order valence-corrected chi connectivity index (χ2v) is 5.25. The molecule has 2 unspecified atom stereocenters. The Bertz CT molecular complexity index is 511. The van der Waals surface area contributed by atoms with Crippen molar-refractivity contribution in [3.63, 3.8) is 0 Å². The van der Waals surface area contributed by atoms with Crippen LogP contribution >= 0.6 is 0 Å². The summed E-state index contributed by atoms with van der Waals surface area (Å²) in [7, 11) is 0. The molecule has 2 amide bonds. The van der Waals surface area contributed by atoms with Gasteiger partial charge in [0.15, 0.2) is 0 Å². The lowest BCUT2D eigenvalue weighted by atomic mass is 10.1. The molecule has 1 aromatic rings. The minimum absolute atomic E-state index is 0.0763. The highest BCUT2D eigenvalue weighted by molar-refractivity contribution is 5.87. The Morgan fingerprint density at radius 1 is 1.05 bits per heavy atom. The molecule has 0 spiro atoms. The first-order chi connectivity index (χ1) is 9.15. The predicted molar refractivity (Wildman–Crippen MR) is 66.3 cm³/mol. The summed E-state index contributed by atoms with van der Waals surface area (Å²) < 4.78 is 12.8. The second kappa shape index (κ2) is 4.64. The first-order valence-electron chi connectivity index (χ1n) is 6.50. The number of benzene rings is 1. The molecule has 0 aromatic heterocycles. The molecule has 3 rings (SSSR count). The first kappa shape index (κ1) is 12.1. The van der Waals surface area contributed by atoms with Gasteiger partial charge in [0, 0.05) is 11.8 Å². The van der Waals surface area contributed by atoms with Crippen LogP contribution in [0.3, 0.4) is 0 Å². The number of amides is 2. The van der Waals surface area contributed by atoms with Crippen LogP contribution in [0.2, 0.25) is 0 Å². The van der Waals surface area contributed by atoms with E-state index in [1.165, 1.54) is 12.1 Å². The molecule has 0 heterocycles. The molecule has 0 aliphatic heterocycles. The Morgan fingerprint density at radius 2 is 1.68 bits per heavy atom. The van der Waals surface area contributed by atoms with Gasteiger partial charge in [-0.2, -0.15) is 0 Å². The van der Waals surface area contributed by atoms with Crippen molar-refractivity contribution in [2.24, 2.45) is 11.8 Å². The maximum absolute atomic E-state index is 12.8. The van der Waals surface area contributed by atoms with Crippen molar-refractivity contribution < 1.29 is 14.0 Å². The molecular formula is C14H15FN2O2. The Kier molecular flexibility index (Phi) is 2.97. The summed E-state index contributed by atoms with van der Waals surface area (Å²) >= 11 is 0. The third-order valence-corrected chi connectivity index (χ3v) is 3.68. The Morgan fingerprint density at radius 3 is 2.32 bits per heavy atom. The van der Waals surface area contributed by atoms with E-state index in [-0.39, 0.29) is 35.4 Å². The third-order valence-electron chi connectivity index (χ3n) is 3.68. The fourth-order valence-corrected chi connectivity index (χ4v) is 2.23. The average Bonchev–Trinajstić information content (AvgIpc) is 3.28. The van der Waals surface area contributed by atoms with Crippen molar-refractivity contribution >= 4 is 11.8 Å². The molecular weight excluding hydrogens is 247 g/mol. The minimum atomic E-state index is -0.276. The van der Waals surface area contributed by atoms with Crippen molar-refractivity contribution in [2.45, 2.75) is 25.2 Å². The van der Waals surface area contributed by atoms with Gasteiger partial charge >= 0.3 is 0 Å². The third kappa shape index (κ3) is 2.75. The monoisotopic (exact) mass is 262 g/mol. The van der Waals surface area contributed by atoms with E-state index >= 15 is 0 Å². The highest BCUT2D eigenvalue weighted by Gasteiger charge is 2.44. The number of hydrogen-bond donors (Lipinski definition) is 2. The normalized spacial score (nSPS) is 24.7. The minimum Gasteiger partial charge on any atom is -0.273 e. The van der Waals surface area contributed by atoms with Crippen LogP contribution in [0.25, 0.3) is 0 Å². The molecule has 2 aliphatic carbocycles. The highest BCUT2D eigenvalue weighted by atomic mass is 19.1. The van der Waals surface area contributed by atoms with E-state index in [0.717, 1.165) is 24.8 Å². The summed E-state index contributed by atoms with van der Waals surface area (Å²) in [5.41, 5.74) is 5.88. The number of rotatable bonds is 3. The van der Waals surface area contributed by atoms with Gasteiger partial charge in [-0.25, -0.2) is 4.39 Å². The van der Waals surface area contributed by atoms with Crippen LogP contribution in [0, 0.1) is 17.7 Å². The number of nitrogens with one attached hydrogen (secondary N) is 2. The van der Waals surface area contributed by atoms with Crippen LogP contribution in [0.15, 0.2) is 24.3 Å². The van der Waals surface area contributed by atoms with Gasteiger partial charge in [0.1, 0.15) is 5.82 Å². The van der Waals surface area contributed by atoms with Crippen molar-refractivity contribution in [3.8, 4) is 0 Å². The van der Waals surface area contributed by atoms with E-state index in [9.17, 15) is 14.0 Å². The lowest BCUT2D eigenvalue weighted by Gasteiger charge is -2.06. The molecule has 19 heavy (non-hydrogen) atoms. The molecule has 4 nitrogen and oxygen atoms in total. The van der Waals surface area contributed by atoms with Crippen molar-refractivity contribution in [3.05, 3.63) is 35.6 Å². The summed E-state index contributed by atoms with van der Waals surface area (Å²) in [6.07, 6.45) is 2.56. The van der Waals surface area contributed by atoms with E-state index in [4.69, 9.17) is 0 Å². The van der Waals surface area contributed by atoms with Crippen LogP contribution in [-0.4, -0.2) is 11.8 Å². The second-order valence-electron chi connectivity index (χ2n) is 5.25. The SMILES string of the molecule is O=C(NNC(=O)C1CC1c1ccc(F)cc1)C1CC1. The Balaban J connectivity index is 1.49. The lowest BCUT2D eigenvalue weighted by Crippen LogP contribution is -2.43. The molecule has 0 bridgehead atoms. The average molecular weight is 262 g/mol. The molecule has 5 heteroatoms. The van der Waals surface area contributed by atoms with Gasteiger partial charge in [-0.1, -0.05) is 12.1 Å². The largest absolute Gasteiger partial charge is 0.273 e. The molecule has 0 radical (unpaired) electrons. The molecule has 100 valence electrons. The summed E-state index contributed by atoms with van der Waals surface area (Å²) in [5.74, 6) is -0.450. The zero-order valence-corrected chi connectivity index (χ0v) is 10.4. The molecule has 2 saturated carbocycles. The summed E-state index contributed by atoms with van der Waals surface area (Å²) in [6, 6.07) is 6.21. The van der Waals surface area contributed by atoms with Gasteiger partial charge in [0.05, 0.1) is 0 Å². The summed E-state index contributed by atoms with van der Waals surface area (Å²) in [4.78, 5) is 23.2. The highest BCUT2D eigenvalue weighted by Crippen LogP contribution is 2.47.